The van der Waals surface area contributed by atoms with Gasteiger partial charge in [0.1, 0.15) is 0 Å². The second kappa shape index (κ2) is 7.08. The molecule has 2 atom stereocenters. The lowest BCUT2D eigenvalue weighted by Crippen LogP contribution is -2.51. The maximum atomic E-state index is 11.7. The first-order valence-corrected chi connectivity index (χ1v) is 7.88. The number of hydrogen-bond acceptors (Lipinski definition) is 3. The second-order valence-corrected chi connectivity index (χ2v) is 6.21. The summed E-state index contributed by atoms with van der Waals surface area (Å²) in [5.41, 5.74) is 5.21. The molecule has 1 fully saturated rings. The molecule has 2 rings (SSSR count). The van der Waals surface area contributed by atoms with Crippen molar-refractivity contribution in [2.24, 2.45) is 5.92 Å². The first-order valence-electron chi connectivity index (χ1n) is 6.68. The van der Waals surface area contributed by atoms with Gasteiger partial charge in [-0.25, -0.2) is 0 Å². The van der Waals surface area contributed by atoms with E-state index in [1.165, 1.54) is 19.3 Å². The lowest BCUT2D eigenvalue weighted by molar-refractivity contribution is 0.0914. The topological polar surface area (TPSA) is 66.3 Å². The minimum atomic E-state index is -0.364. The average molecular weight is 360 g/mol. The zero-order chi connectivity index (χ0) is 14.5. The summed E-state index contributed by atoms with van der Waals surface area (Å²) in [7, 11) is 0. The molecule has 110 valence electrons. The number of rotatable bonds is 2. The summed E-state index contributed by atoms with van der Waals surface area (Å²) in [6.07, 6.45) is 4.83. The Balaban J connectivity index is 1.76. The molecule has 0 saturated heterocycles. The molecule has 0 bridgehead atoms. The molecule has 2 unspecified atom stereocenters. The van der Waals surface area contributed by atoms with Crippen LogP contribution >= 0.6 is 28.1 Å². The Hall–Kier alpha value is -1.08. The predicted octanol–water partition coefficient (Wildman–Crippen LogP) is 2.73. The van der Waals surface area contributed by atoms with Crippen molar-refractivity contribution in [1.29, 1.82) is 0 Å². The molecule has 0 aromatic carbocycles. The van der Waals surface area contributed by atoms with Crippen LogP contribution in [-0.2, 0) is 0 Å². The molecule has 0 aliphatic heterocycles. The van der Waals surface area contributed by atoms with Gasteiger partial charge < -0.3 is 9.73 Å². The number of carbonyl (C=O) groups is 1. The molecule has 7 heteroatoms. The molecule has 1 aromatic rings. The number of furan rings is 1. The van der Waals surface area contributed by atoms with E-state index >= 15 is 0 Å². The van der Waals surface area contributed by atoms with E-state index in [0.717, 1.165) is 6.42 Å². The van der Waals surface area contributed by atoms with Gasteiger partial charge in [-0.3, -0.25) is 15.6 Å². The highest BCUT2D eigenvalue weighted by atomic mass is 79.9. The molecule has 1 heterocycles. The predicted molar refractivity (Wildman–Crippen MR) is 84.2 cm³/mol. The third kappa shape index (κ3) is 4.21. The van der Waals surface area contributed by atoms with Gasteiger partial charge in [0.2, 0.25) is 0 Å². The van der Waals surface area contributed by atoms with Crippen LogP contribution in [0.1, 0.15) is 43.2 Å². The molecule has 1 aromatic heterocycles. The molecular weight excluding hydrogens is 342 g/mol. The van der Waals surface area contributed by atoms with E-state index < -0.39 is 0 Å². The number of nitrogens with one attached hydrogen (secondary N) is 3. The Morgan fingerprint density at radius 1 is 1.35 bits per heavy atom. The fourth-order valence-electron chi connectivity index (χ4n) is 2.35. The third-order valence-corrected chi connectivity index (χ3v) is 4.16. The zero-order valence-corrected chi connectivity index (χ0v) is 13.6. The standard InChI is InChI=1S/C13H18BrN3O2S/c1-8-4-2-3-5-9(8)15-13(20)17-16-12(18)10-6-7-11(14)19-10/h6-9H,2-5H2,1H3,(H,16,18)(H2,15,17,20). The summed E-state index contributed by atoms with van der Waals surface area (Å²) in [6.45, 7) is 2.22. The van der Waals surface area contributed by atoms with Crippen molar-refractivity contribution in [1.82, 2.24) is 16.2 Å². The zero-order valence-electron chi connectivity index (χ0n) is 11.2. The van der Waals surface area contributed by atoms with Gasteiger partial charge in [-0.15, -0.1) is 0 Å². The van der Waals surface area contributed by atoms with Gasteiger partial charge in [-0.05, 0) is 59.0 Å². The van der Waals surface area contributed by atoms with Crippen LogP contribution in [0, 0.1) is 5.92 Å². The Labute approximate surface area is 132 Å². The van der Waals surface area contributed by atoms with Crippen molar-refractivity contribution in [2.75, 3.05) is 0 Å². The second-order valence-electron chi connectivity index (χ2n) is 5.02. The van der Waals surface area contributed by atoms with Crippen molar-refractivity contribution >= 4 is 39.2 Å². The molecule has 1 amide bonds. The van der Waals surface area contributed by atoms with E-state index in [2.05, 4.69) is 39.0 Å². The van der Waals surface area contributed by atoms with Gasteiger partial charge in [0.15, 0.2) is 15.5 Å². The number of hydrazine groups is 1. The molecular formula is C13H18BrN3O2S. The Morgan fingerprint density at radius 2 is 2.10 bits per heavy atom. The summed E-state index contributed by atoms with van der Waals surface area (Å²) in [6, 6.07) is 3.62. The Morgan fingerprint density at radius 3 is 2.75 bits per heavy atom. The number of halogens is 1. The largest absolute Gasteiger partial charge is 0.444 e. The van der Waals surface area contributed by atoms with Gasteiger partial charge in [-0.1, -0.05) is 19.8 Å². The summed E-state index contributed by atoms with van der Waals surface area (Å²) < 4.78 is 5.66. The van der Waals surface area contributed by atoms with Crippen molar-refractivity contribution in [3.05, 3.63) is 22.6 Å². The van der Waals surface area contributed by atoms with Gasteiger partial charge >= 0.3 is 5.91 Å². The molecule has 5 nitrogen and oxygen atoms in total. The van der Waals surface area contributed by atoms with E-state index in [1.54, 1.807) is 12.1 Å². The van der Waals surface area contributed by atoms with Crippen molar-refractivity contribution in [3.63, 3.8) is 0 Å². The first kappa shape index (κ1) is 15.3. The molecule has 0 spiro atoms. The summed E-state index contributed by atoms with van der Waals surface area (Å²) in [5, 5.41) is 3.68. The van der Waals surface area contributed by atoms with Crippen LogP contribution in [0.15, 0.2) is 21.2 Å². The third-order valence-electron chi connectivity index (χ3n) is 3.51. The van der Waals surface area contributed by atoms with E-state index in [4.69, 9.17) is 16.6 Å². The van der Waals surface area contributed by atoms with Crippen LogP contribution in [0.4, 0.5) is 0 Å². The monoisotopic (exact) mass is 359 g/mol. The molecule has 3 N–H and O–H groups in total. The van der Waals surface area contributed by atoms with Gasteiger partial charge in [0.25, 0.3) is 0 Å². The van der Waals surface area contributed by atoms with Crippen molar-refractivity contribution < 1.29 is 9.21 Å². The lowest BCUT2D eigenvalue weighted by Gasteiger charge is -2.30. The highest BCUT2D eigenvalue weighted by Gasteiger charge is 2.21. The SMILES string of the molecule is CC1CCCCC1NC(=S)NNC(=O)c1ccc(Br)o1. The number of amides is 1. The molecule has 1 aliphatic carbocycles. The quantitative estimate of drug-likeness (QED) is 0.559. The lowest BCUT2D eigenvalue weighted by atomic mass is 9.86. The van der Waals surface area contributed by atoms with Gasteiger partial charge in [0.05, 0.1) is 0 Å². The number of hydrogen-bond donors (Lipinski definition) is 3. The van der Waals surface area contributed by atoms with E-state index in [0.29, 0.717) is 21.7 Å². The van der Waals surface area contributed by atoms with Gasteiger partial charge in [-0.2, -0.15) is 0 Å². The summed E-state index contributed by atoms with van der Waals surface area (Å²) in [4.78, 5) is 11.7. The molecule has 1 aliphatic rings. The minimum Gasteiger partial charge on any atom is -0.444 e. The fourth-order valence-corrected chi connectivity index (χ4v) is 2.86. The van der Waals surface area contributed by atoms with Crippen LogP contribution in [0.5, 0.6) is 0 Å². The highest BCUT2D eigenvalue weighted by molar-refractivity contribution is 9.10. The van der Waals surface area contributed by atoms with E-state index in [9.17, 15) is 4.79 Å². The fraction of sp³-hybridized carbons (Fsp3) is 0.538. The molecule has 0 radical (unpaired) electrons. The average Bonchev–Trinajstić information content (AvgIpc) is 2.85. The minimum absolute atomic E-state index is 0.221. The number of thiocarbonyl (C=S) groups is 1. The highest BCUT2D eigenvalue weighted by Crippen LogP contribution is 2.23. The van der Waals surface area contributed by atoms with E-state index in [1.807, 2.05) is 0 Å². The van der Waals surface area contributed by atoms with Crippen LogP contribution < -0.4 is 16.2 Å². The summed E-state index contributed by atoms with van der Waals surface area (Å²) in [5.74, 6) is 0.454. The van der Waals surface area contributed by atoms with Crippen LogP contribution in [0.25, 0.3) is 0 Å². The normalized spacial score (nSPS) is 22.1. The maximum Gasteiger partial charge on any atom is 0.305 e. The molecule has 1 saturated carbocycles. The Kier molecular flexibility index (Phi) is 5.42. The van der Waals surface area contributed by atoms with Crippen LogP contribution in [0.3, 0.4) is 0 Å². The maximum absolute atomic E-state index is 11.7. The Bertz CT molecular complexity index is 492. The number of carbonyl (C=O) groups excluding carboxylic acids is 1. The van der Waals surface area contributed by atoms with Crippen LogP contribution in [0.2, 0.25) is 0 Å². The smallest absolute Gasteiger partial charge is 0.305 e. The summed E-state index contributed by atoms with van der Waals surface area (Å²) >= 11 is 8.33. The van der Waals surface area contributed by atoms with Crippen molar-refractivity contribution in [2.45, 2.75) is 38.6 Å². The van der Waals surface area contributed by atoms with Crippen molar-refractivity contribution in [3.8, 4) is 0 Å². The molecule has 20 heavy (non-hydrogen) atoms. The van der Waals surface area contributed by atoms with Crippen LogP contribution in [-0.4, -0.2) is 17.1 Å². The van der Waals surface area contributed by atoms with E-state index in [-0.39, 0.29) is 11.7 Å². The van der Waals surface area contributed by atoms with Gasteiger partial charge in [0, 0.05) is 6.04 Å². The first-order chi connectivity index (χ1) is 9.56.